The molecule has 0 aliphatic heterocycles. The maximum Gasteiger partial charge on any atom is 0.358 e. The van der Waals surface area contributed by atoms with Crippen molar-refractivity contribution >= 4 is 58.3 Å². The van der Waals surface area contributed by atoms with Crippen LogP contribution in [-0.2, 0) is 23.6 Å². The van der Waals surface area contributed by atoms with Crippen LogP contribution in [0.3, 0.4) is 0 Å². The number of aromatic nitrogens is 4. The molecule has 38 heavy (non-hydrogen) atoms. The van der Waals surface area contributed by atoms with Crippen LogP contribution in [0.5, 0.6) is 0 Å². The van der Waals surface area contributed by atoms with E-state index < -0.39 is 11.9 Å². The summed E-state index contributed by atoms with van der Waals surface area (Å²) in [7, 11) is 3.42. The normalized spacial score (nSPS) is 10.5. The number of nitrogens with zero attached hydrogens (tertiary/aromatic N) is 4. The quantitative estimate of drug-likeness (QED) is 0.219. The van der Waals surface area contributed by atoms with Crippen molar-refractivity contribution < 1.29 is 19.1 Å². The third-order valence-electron chi connectivity index (χ3n) is 5.14. The Labute approximate surface area is 240 Å². The lowest BCUT2D eigenvalue weighted by Gasteiger charge is -2.04. The van der Waals surface area contributed by atoms with E-state index in [1.165, 1.54) is 4.68 Å². The van der Waals surface area contributed by atoms with Gasteiger partial charge >= 0.3 is 11.9 Å². The molecule has 0 radical (unpaired) electrons. The average Bonchev–Trinajstić information content (AvgIpc) is 3.42. The van der Waals surface area contributed by atoms with E-state index in [9.17, 15) is 9.59 Å². The van der Waals surface area contributed by atoms with Gasteiger partial charge in [0, 0.05) is 35.3 Å². The van der Waals surface area contributed by atoms with Crippen LogP contribution in [0.1, 0.15) is 34.8 Å². The number of rotatable bonds is 6. The predicted molar refractivity (Wildman–Crippen MR) is 149 cm³/mol. The molecule has 4 aromatic rings. The maximum absolute atomic E-state index is 11.7. The van der Waals surface area contributed by atoms with Gasteiger partial charge < -0.3 is 9.47 Å². The Kier molecular flexibility index (Phi) is 10.2. The van der Waals surface area contributed by atoms with Gasteiger partial charge in [0.2, 0.25) is 0 Å². The van der Waals surface area contributed by atoms with Crippen molar-refractivity contribution in [3.8, 4) is 22.5 Å². The number of hydrogen-bond donors (Lipinski definition) is 0. The van der Waals surface area contributed by atoms with Gasteiger partial charge in [-0.3, -0.25) is 9.36 Å². The van der Waals surface area contributed by atoms with Crippen molar-refractivity contribution in [1.29, 1.82) is 0 Å². The first-order valence-electron chi connectivity index (χ1n) is 11.4. The number of halogens is 4. The monoisotopic (exact) mass is 596 g/mol. The topological polar surface area (TPSA) is 88.2 Å². The molecule has 2 aromatic heterocycles. The van der Waals surface area contributed by atoms with E-state index in [1.54, 1.807) is 81.2 Å². The van der Waals surface area contributed by atoms with Gasteiger partial charge in [-0.2, -0.15) is 10.2 Å². The molecule has 0 spiro atoms. The van der Waals surface area contributed by atoms with E-state index in [1.807, 2.05) is 0 Å². The summed E-state index contributed by atoms with van der Waals surface area (Å²) in [5.74, 6) is -0.858. The SMILES string of the molecule is CCOC(=O)c1cc(-c2ccc(Cl)cc2Cl)n(C)n1.CCOC(=O)c1cc(-c2ccc(Cl)cc2Cl)nn1C. The molecule has 0 bridgehead atoms. The standard InChI is InChI=1S/2C13H12Cl2N2O2/c1-3-19-13(18)11-7-12(17(2)16-11)9-5-4-8(14)6-10(9)15;1-3-19-13(18)12-7-11(16-17(12)2)9-5-4-8(14)6-10(9)15/h2*4-7H,3H2,1-2H3. The summed E-state index contributed by atoms with van der Waals surface area (Å²) in [5.41, 5.74) is 3.44. The summed E-state index contributed by atoms with van der Waals surface area (Å²) in [5, 5.41) is 10.5. The third kappa shape index (κ3) is 7.08. The summed E-state index contributed by atoms with van der Waals surface area (Å²) in [4.78, 5) is 23.3. The Morgan fingerprint density at radius 3 is 1.84 bits per heavy atom. The molecule has 0 saturated carbocycles. The van der Waals surface area contributed by atoms with Crippen LogP contribution in [0, 0.1) is 0 Å². The molecule has 0 fully saturated rings. The summed E-state index contributed by atoms with van der Waals surface area (Å²) in [6.07, 6.45) is 0. The Morgan fingerprint density at radius 2 is 1.29 bits per heavy atom. The second kappa shape index (κ2) is 13.2. The van der Waals surface area contributed by atoms with E-state index in [4.69, 9.17) is 55.9 Å². The first-order valence-corrected chi connectivity index (χ1v) is 12.9. The van der Waals surface area contributed by atoms with E-state index in [0.29, 0.717) is 44.7 Å². The molecule has 0 N–H and O–H groups in total. The van der Waals surface area contributed by atoms with Crippen LogP contribution < -0.4 is 0 Å². The fourth-order valence-electron chi connectivity index (χ4n) is 3.41. The lowest BCUT2D eigenvalue weighted by atomic mass is 10.1. The number of ether oxygens (including phenoxy) is 2. The molecule has 200 valence electrons. The molecule has 0 unspecified atom stereocenters. The van der Waals surface area contributed by atoms with Crippen LogP contribution in [0.4, 0.5) is 0 Å². The highest BCUT2D eigenvalue weighted by molar-refractivity contribution is 6.37. The molecule has 0 amide bonds. The number of benzene rings is 2. The highest BCUT2D eigenvalue weighted by Crippen LogP contribution is 2.31. The molecule has 8 nitrogen and oxygen atoms in total. The van der Waals surface area contributed by atoms with Crippen molar-refractivity contribution in [3.05, 3.63) is 80.0 Å². The van der Waals surface area contributed by atoms with Crippen LogP contribution in [0.2, 0.25) is 20.1 Å². The van der Waals surface area contributed by atoms with Gasteiger partial charge in [0.1, 0.15) is 5.69 Å². The summed E-state index contributed by atoms with van der Waals surface area (Å²) >= 11 is 24.0. The molecule has 0 atom stereocenters. The Morgan fingerprint density at radius 1 is 0.737 bits per heavy atom. The first-order chi connectivity index (χ1) is 18.0. The Hall–Kier alpha value is -3.04. The van der Waals surface area contributed by atoms with Gasteiger partial charge in [0.15, 0.2) is 5.69 Å². The van der Waals surface area contributed by atoms with Crippen LogP contribution in [-0.4, -0.2) is 44.7 Å². The second-order valence-electron chi connectivity index (χ2n) is 7.77. The molecule has 0 aliphatic carbocycles. The summed E-state index contributed by atoms with van der Waals surface area (Å²) in [6, 6.07) is 13.6. The number of hydrogen-bond acceptors (Lipinski definition) is 6. The smallest absolute Gasteiger partial charge is 0.358 e. The Bertz CT molecular complexity index is 1470. The average molecular weight is 598 g/mol. The lowest BCUT2D eigenvalue weighted by Crippen LogP contribution is -2.10. The van der Waals surface area contributed by atoms with Crippen molar-refractivity contribution in [3.63, 3.8) is 0 Å². The van der Waals surface area contributed by atoms with Gasteiger partial charge in [-0.15, -0.1) is 0 Å². The third-order valence-corrected chi connectivity index (χ3v) is 6.24. The van der Waals surface area contributed by atoms with Gasteiger partial charge in [0.05, 0.1) is 34.6 Å². The molecular formula is C26H24Cl4N4O4. The molecule has 0 saturated heterocycles. The molecular weight excluding hydrogens is 574 g/mol. The highest BCUT2D eigenvalue weighted by Gasteiger charge is 2.17. The van der Waals surface area contributed by atoms with Gasteiger partial charge in [0.25, 0.3) is 0 Å². The van der Waals surface area contributed by atoms with Gasteiger partial charge in [-0.25, -0.2) is 9.59 Å². The Balaban J connectivity index is 0.000000211. The number of aryl methyl sites for hydroxylation is 2. The van der Waals surface area contributed by atoms with E-state index in [-0.39, 0.29) is 5.69 Å². The number of esters is 2. The first kappa shape index (κ1) is 29.5. The predicted octanol–water partition coefficient (Wildman–Crippen LogP) is 7.14. The van der Waals surface area contributed by atoms with Crippen molar-refractivity contribution in [2.45, 2.75) is 13.8 Å². The highest BCUT2D eigenvalue weighted by atomic mass is 35.5. The van der Waals surface area contributed by atoms with Crippen LogP contribution in [0.25, 0.3) is 22.5 Å². The number of carbonyl (C=O) groups excluding carboxylic acids is 2. The van der Waals surface area contributed by atoms with Crippen molar-refractivity contribution in [1.82, 2.24) is 19.6 Å². The fraction of sp³-hybridized carbons (Fsp3) is 0.231. The zero-order valence-electron chi connectivity index (χ0n) is 21.0. The molecule has 2 aromatic carbocycles. The van der Waals surface area contributed by atoms with Gasteiger partial charge in [-0.05, 0) is 62.4 Å². The lowest BCUT2D eigenvalue weighted by molar-refractivity contribution is 0.0506. The summed E-state index contributed by atoms with van der Waals surface area (Å²) < 4.78 is 12.9. The molecule has 2 heterocycles. The number of carbonyl (C=O) groups is 2. The zero-order chi connectivity index (χ0) is 28.0. The minimum atomic E-state index is -0.450. The molecule has 4 rings (SSSR count). The minimum Gasteiger partial charge on any atom is -0.461 e. The van der Waals surface area contributed by atoms with E-state index >= 15 is 0 Å². The van der Waals surface area contributed by atoms with Crippen molar-refractivity contribution in [2.75, 3.05) is 13.2 Å². The van der Waals surface area contributed by atoms with Crippen molar-refractivity contribution in [2.24, 2.45) is 14.1 Å². The molecule has 12 heteroatoms. The van der Waals surface area contributed by atoms with Crippen LogP contribution >= 0.6 is 46.4 Å². The van der Waals surface area contributed by atoms with E-state index in [0.717, 1.165) is 16.8 Å². The minimum absolute atomic E-state index is 0.255. The maximum atomic E-state index is 11.7. The second-order valence-corrected chi connectivity index (χ2v) is 9.45. The van der Waals surface area contributed by atoms with Gasteiger partial charge in [-0.1, -0.05) is 46.4 Å². The fourth-order valence-corrected chi connectivity index (χ4v) is 4.42. The van der Waals surface area contributed by atoms with E-state index in [2.05, 4.69) is 10.2 Å². The zero-order valence-corrected chi connectivity index (χ0v) is 24.0. The molecule has 0 aliphatic rings. The van der Waals surface area contributed by atoms with Crippen LogP contribution in [0.15, 0.2) is 48.5 Å². The largest absolute Gasteiger partial charge is 0.461 e. The summed E-state index contributed by atoms with van der Waals surface area (Å²) in [6.45, 7) is 4.14.